The van der Waals surface area contributed by atoms with Gasteiger partial charge < -0.3 is 5.11 Å². The summed E-state index contributed by atoms with van der Waals surface area (Å²) >= 11 is 0. The third-order valence-corrected chi connectivity index (χ3v) is 2.46. The maximum absolute atomic E-state index is 12.5. The van der Waals surface area contributed by atoms with Crippen molar-refractivity contribution in [2.75, 3.05) is 6.67 Å². The second-order valence-electron chi connectivity index (χ2n) is 3.66. The van der Waals surface area contributed by atoms with Crippen LogP contribution >= 0.6 is 0 Å². The molecule has 4 nitrogen and oxygen atoms in total. The molecule has 2 aromatic rings. The summed E-state index contributed by atoms with van der Waals surface area (Å²) in [7, 11) is 0. The van der Waals surface area contributed by atoms with E-state index < -0.39 is 12.7 Å². The molecular weight excluding hydrogens is 211 g/mol. The summed E-state index contributed by atoms with van der Waals surface area (Å²) < 4.78 is 13.7. The molecule has 2 rings (SSSR count). The van der Waals surface area contributed by atoms with Crippen LogP contribution in [0.2, 0.25) is 0 Å². The molecule has 1 atom stereocenters. The molecule has 0 amide bonds. The van der Waals surface area contributed by atoms with Crippen molar-refractivity contribution in [3.05, 3.63) is 34.9 Å². The van der Waals surface area contributed by atoms with Gasteiger partial charge in [-0.05, 0) is 25.1 Å². The van der Waals surface area contributed by atoms with Crippen LogP contribution < -0.4 is 5.56 Å². The van der Waals surface area contributed by atoms with Crippen LogP contribution in [0.15, 0.2) is 29.3 Å². The lowest BCUT2D eigenvalue weighted by Crippen LogP contribution is -2.24. The molecule has 0 radical (unpaired) electrons. The third kappa shape index (κ3) is 1.64. The summed E-state index contributed by atoms with van der Waals surface area (Å²) in [5.41, 5.74) is 0.149. The summed E-state index contributed by atoms with van der Waals surface area (Å²) in [4.78, 5) is 16.0. The fourth-order valence-corrected chi connectivity index (χ4v) is 1.51. The summed E-state index contributed by atoms with van der Waals surface area (Å²) in [5.74, 6) is -0.00273. The Hall–Kier alpha value is -1.91. The minimum Gasteiger partial charge on any atom is -0.508 e. The van der Waals surface area contributed by atoms with Gasteiger partial charge in [-0.1, -0.05) is 0 Å². The van der Waals surface area contributed by atoms with Gasteiger partial charge in [0.2, 0.25) is 0 Å². The minimum atomic E-state index is -0.633. The van der Waals surface area contributed by atoms with E-state index in [0.717, 1.165) is 0 Å². The first kappa shape index (κ1) is 10.6. The number of aromatic hydroxyl groups is 1. The number of fused-ring (bicyclic) bond motifs is 1. The van der Waals surface area contributed by atoms with Gasteiger partial charge in [0.1, 0.15) is 12.4 Å². The Kier molecular flexibility index (Phi) is 2.60. The first-order chi connectivity index (χ1) is 7.63. The first-order valence-corrected chi connectivity index (χ1v) is 4.89. The van der Waals surface area contributed by atoms with Crippen molar-refractivity contribution in [1.82, 2.24) is 9.55 Å². The van der Waals surface area contributed by atoms with Crippen LogP contribution in [-0.4, -0.2) is 21.3 Å². The van der Waals surface area contributed by atoms with E-state index >= 15 is 0 Å². The van der Waals surface area contributed by atoms with Crippen LogP contribution in [-0.2, 0) is 0 Å². The predicted octanol–water partition coefficient (Wildman–Crippen LogP) is 1.63. The Balaban J connectivity index is 2.73. The molecule has 0 aliphatic carbocycles. The Morgan fingerprint density at radius 2 is 2.31 bits per heavy atom. The van der Waals surface area contributed by atoms with Gasteiger partial charge in [0.15, 0.2) is 0 Å². The molecule has 16 heavy (non-hydrogen) atoms. The lowest BCUT2D eigenvalue weighted by Gasteiger charge is -2.11. The number of nitrogens with zero attached hydrogens (tertiary/aromatic N) is 2. The number of rotatable bonds is 2. The summed E-state index contributed by atoms with van der Waals surface area (Å²) in [5, 5.41) is 9.59. The molecule has 0 saturated heterocycles. The minimum absolute atomic E-state index is 0.00273. The monoisotopic (exact) mass is 222 g/mol. The van der Waals surface area contributed by atoms with Crippen LogP contribution in [0.25, 0.3) is 10.9 Å². The first-order valence-electron chi connectivity index (χ1n) is 4.89. The molecule has 0 aliphatic rings. The molecule has 0 spiro atoms. The van der Waals surface area contributed by atoms with Crippen LogP contribution in [0.4, 0.5) is 4.39 Å². The van der Waals surface area contributed by atoms with E-state index in [4.69, 9.17) is 0 Å². The zero-order valence-corrected chi connectivity index (χ0v) is 8.72. The molecule has 1 aromatic carbocycles. The normalized spacial score (nSPS) is 12.9. The average Bonchev–Trinajstić information content (AvgIpc) is 2.29. The van der Waals surface area contributed by atoms with Gasteiger partial charge in [-0.15, -0.1) is 0 Å². The SMILES string of the molecule is C[C@@H](CF)n1cnc2ccc(O)cc2c1=O. The van der Waals surface area contributed by atoms with Gasteiger partial charge in [-0.2, -0.15) is 0 Å². The number of aromatic nitrogens is 2. The molecule has 0 aliphatic heterocycles. The van der Waals surface area contributed by atoms with E-state index in [9.17, 15) is 14.3 Å². The zero-order chi connectivity index (χ0) is 11.7. The zero-order valence-electron chi connectivity index (χ0n) is 8.72. The molecule has 0 unspecified atom stereocenters. The maximum atomic E-state index is 12.5. The van der Waals surface area contributed by atoms with Gasteiger partial charge in [-0.3, -0.25) is 9.36 Å². The number of benzene rings is 1. The molecule has 1 heterocycles. The van der Waals surface area contributed by atoms with Gasteiger partial charge in [0, 0.05) is 0 Å². The highest BCUT2D eigenvalue weighted by Gasteiger charge is 2.09. The summed E-state index contributed by atoms with van der Waals surface area (Å²) in [6.45, 7) is 0.962. The van der Waals surface area contributed by atoms with E-state index in [0.29, 0.717) is 10.9 Å². The van der Waals surface area contributed by atoms with E-state index in [-0.39, 0.29) is 11.3 Å². The van der Waals surface area contributed by atoms with Crippen molar-refractivity contribution >= 4 is 10.9 Å². The van der Waals surface area contributed by atoms with Crippen LogP contribution in [0, 0.1) is 0 Å². The van der Waals surface area contributed by atoms with Crippen LogP contribution in [0.3, 0.4) is 0 Å². The van der Waals surface area contributed by atoms with Gasteiger partial charge in [-0.25, -0.2) is 9.37 Å². The molecule has 1 aromatic heterocycles. The average molecular weight is 222 g/mol. The summed E-state index contributed by atoms with van der Waals surface area (Å²) in [6.07, 6.45) is 1.33. The fourth-order valence-electron chi connectivity index (χ4n) is 1.51. The van der Waals surface area contributed by atoms with Gasteiger partial charge in [0.25, 0.3) is 5.56 Å². The van der Waals surface area contributed by atoms with Gasteiger partial charge >= 0.3 is 0 Å². The number of hydrogen-bond acceptors (Lipinski definition) is 3. The van der Waals surface area contributed by atoms with E-state index in [1.165, 1.54) is 23.0 Å². The highest BCUT2D eigenvalue weighted by Crippen LogP contribution is 2.15. The van der Waals surface area contributed by atoms with Crippen LogP contribution in [0.1, 0.15) is 13.0 Å². The maximum Gasteiger partial charge on any atom is 0.261 e. The van der Waals surface area contributed by atoms with Crippen molar-refractivity contribution in [1.29, 1.82) is 0 Å². The molecule has 0 saturated carbocycles. The highest BCUT2D eigenvalue weighted by atomic mass is 19.1. The topological polar surface area (TPSA) is 55.1 Å². The highest BCUT2D eigenvalue weighted by molar-refractivity contribution is 5.78. The molecular formula is C11H11FN2O2. The third-order valence-electron chi connectivity index (χ3n) is 2.46. The number of alkyl halides is 1. The lowest BCUT2D eigenvalue weighted by atomic mass is 10.2. The van der Waals surface area contributed by atoms with Crippen LogP contribution in [0.5, 0.6) is 5.75 Å². The Bertz CT molecular complexity index is 580. The Morgan fingerprint density at radius 3 is 3.00 bits per heavy atom. The van der Waals surface area contributed by atoms with Crippen molar-refractivity contribution in [3.63, 3.8) is 0 Å². The van der Waals surface area contributed by atoms with E-state index in [2.05, 4.69) is 4.98 Å². The Morgan fingerprint density at radius 1 is 1.56 bits per heavy atom. The largest absolute Gasteiger partial charge is 0.508 e. The molecule has 0 fully saturated rings. The number of phenols is 1. The lowest BCUT2D eigenvalue weighted by molar-refractivity contribution is 0.370. The predicted molar refractivity (Wildman–Crippen MR) is 58.4 cm³/mol. The van der Waals surface area contributed by atoms with Crippen molar-refractivity contribution in [3.8, 4) is 5.75 Å². The second kappa shape index (κ2) is 3.92. The molecule has 0 bridgehead atoms. The summed E-state index contributed by atoms with van der Waals surface area (Å²) in [6, 6.07) is 3.80. The number of halogens is 1. The molecule has 1 N–H and O–H groups in total. The van der Waals surface area contributed by atoms with E-state index in [1.807, 2.05) is 0 Å². The molecule has 84 valence electrons. The standard InChI is InChI=1S/C11H11FN2O2/c1-7(5-12)14-6-13-10-3-2-8(15)4-9(10)11(14)16/h2-4,6-7,15H,5H2,1H3/t7-/m0/s1. The Labute approximate surface area is 91.0 Å². The van der Waals surface area contributed by atoms with Crippen molar-refractivity contribution in [2.45, 2.75) is 13.0 Å². The smallest absolute Gasteiger partial charge is 0.261 e. The van der Waals surface area contributed by atoms with Gasteiger partial charge in [0.05, 0.1) is 23.3 Å². The second-order valence-corrected chi connectivity index (χ2v) is 3.66. The quantitative estimate of drug-likeness (QED) is 0.840. The number of hydrogen-bond donors (Lipinski definition) is 1. The fraction of sp³-hybridized carbons (Fsp3) is 0.273. The van der Waals surface area contributed by atoms with Crippen molar-refractivity contribution < 1.29 is 9.50 Å². The van der Waals surface area contributed by atoms with E-state index in [1.54, 1.807) is 13.0 Å². The molecule has 5 heteroatoms. The number of phenolic OH excluding ortho intramolecular Hbond substituents is 1. The van der Waals surface area contributed by atoms with Crippen molar-refractivity contribution in [2.24, 2.45) is 0 Å².